The van der Waals surface area contributed by atoms with Gasteiger partial charge in [-0.2, -0.15) is 0 Å². The minimum atomic E-state index is -0.679. The zero-order valence-electron chi connectivity index (χ0n) is 13.8. The van der Waals surface area contributed by atoms with Crippen molar-refractivity contribution in [3.8, 4) is 0 Å². The Morgan fingerprint density at radius 2 is 1.92 bits per heavy atom. The van der Waals surface area contributed by atoms with Crippen molar-refractivity contribution in [2.24, 2.45) is 0 Å². The van der Waals surface area contributed by atoms with E-state index in [2.05, 4.69) is 21.2 Å². The average Bonchev–Trinajstić information content (AvgIpc) is 3.43. The summed E-state index contributed by atoms with van der Waals surface area (Å²) in [5.74, 6) is -1.98. The smallest absolute Gasteiger partial charge is 0.251 e. The Kier molecular flexibility index (Phi) is 5.66. The SMILES string of the molecule is O=C(NCC(=O)N(Cc1ccc(F)cc1F)C1CC1)c1cccc(Br)c1. The molecule has 0 aromatic heterocycles. The van der Waals surface area contributed by atoms with Crippen molar-refractivity contribution in [1.82, 2.24) is 10.2 Å². The Balaban J connectivity index is 1.63. The lowest BCUT2D eigenvalue weighted by atomic mass is 10.2. The van der Waals surface area contributed by atoms with Crippen LogP contribution in [0.4, 0.5) is 8.78 Å². The second-order valence-electron chi connectivity index (χ2n) is 6.18. The molecule has 1 aliphatic rings. The van der Waals surface area contributed by atoms with Crippen LogP contribution >= 0.6 is 15.9 Å². The van der Waals surface area contributed by atoms with Crippen LogP contribution in [0.2, 0.25) is 0 Å². The van der Waals surface area contributed by atoms with E-state index in [1.165, 1.54) is 17.0 Å². The van der Waals surface area contributed by atoms with Crippen molar-refractivity contribution >= 4 is 27.7 Å². The molecule has 0 radical (unpaired) electrons. The van der Waals surface area contributed by atoms with Crippen molar-refractivity contribution in [3.63, 3.8) is 0 Å². The lowest BCUT2D eigenvalue weighted by molar-refractivity contribution is -0.131. The van der Waals surface area contributed by atoms with Gasteiger partial charge in [-0.05, 0) is 37.1 Å². The van der Waals surface area contributed by atoms with Crippen LogP contribution < -0.4 is 5.32 Å². The van der Waals surface area contributed by atoms with Crippen molar-refractivity contribution in [3.05, 3.63) is 69.7 Å². The molecule has 7 heteroatoms. The molecule has 1 N–H and O–H groups in total. The highest BCUT2D eigenvalue weighted by Crippen LogP contribution is 2.29. The van der Waals surface area contributed by atoms with E-state index in [-0.39, 0.29) is 36.5 Å². The molecule has 0 aliphatic heterocycles. The van der Waals surface area contributed by atoms with Gasteiger partial charge in [-0.25, -0.2) is 8.78 Å². The highest BCUT2D eigenvalue weighted by Gasteiger charge is 2.33. The monoisotopic (exact) mass is 422 g/mol. The zero-order valence-corrected chi connectivity index (χ0v) is 15.4. The third kappa shape index (κ3) is 4.66. The molecule has 136 valence electrons. The molecule has 0 heterocycles. The molecule has 1 aliphatic carbocycles. The van der Waals surface area contributed by atoms with Gasteiger partial charge < -0.3 is 10.2 Å². The van der Waals surface area contributed by atoms with Crippen molar-refractivity contribution < 1.29 is 18.4 Å². The summed E-state index contributed by atoms with van der Waals surface area (Å²) in [5, 5.41) is 2.59. The molecule has 0 spiro atoms. The molecule has 0 saturated heterocycles. The van der Waals surface area contributed by atoms with E-state index in [0.29, 0.717) is 5.56 Å². The van der Waals surface area contributed by atoms with Gasteiger partial charge >= 0.3 is 0 Å². The van der Waals surface area contributed by atoms with Crippen molar-refractivity contribution in [2.45, 2.75) is 25.4 Å². The quantitative estimate of drug-likeness (QED) is 0.772. The molecule has 0 atom stereocenters. The van der Waals surface area contributed by atoms with Gasteiger partial charge in [0.1, 0.15) is 11.6 Å². The van der Waals surface area contributed by atoms with Crippen LogP contribution in [-0.4, -0.2) is 29.3 Å². The summed E-state index contributed by atoms with van der Waals surface area (Å²) in [6.45, 7) is -0.118. The predicted molar refractivity (Wildman–Crippen MR) is 96.4 cm³/mol. The number of hydrogen-bond donors (Lipinski definition) is 1. The third-order valence-corrected chi connectivity index (χ3v) is 4.64. The van der Waals surface area contributed by atoms with Crippen LogP contribution in [0.1, 0.15) is 28.8 Å². The van der Waals surface area contributed by atoms with Gasteiger partial charge in [0.25, 0.3) is 5.91 Å². The van der Waals surface area contributed by atoms with E-state index in [0.717, 1.165) is 23.4 Å². The van der Waals surface area contributed by atoms with Gasteiger partial charge in [0, 0.05) is 34.3 Å². The van der Waals surface area contributed by atoms with Gasteiger partial charge in [0.05, 0.1) is 6.54 Å². The first-order chi connectivity index (χ1) is 12.4. The first-order valence-corrected chi connectivity index (χ1v) is 9.00. The molecule has 1 fully saturated rings. The van der Waals surface area contributed by atoms with Gasteiger partial charge in [-0.3, -0.25) is 9.59 Å². The number of carbonyl (C=O) groups excluding carboxylic acids is 2. The maximum atomic E-state index is 13.9. The third-order valence-electron chi connectivity index (χ3n) is 4.15. The molecular weight excluding hydrogens is 406 g/mol. The second-order valence-corrected chi connectivity index (χ2v) is 7.10. The normalized spacial score (nSPS) is 13.3. The number of benzene rings is 2. The van der Waals surface area contributed by atoms with E-state index < -0.39 is 11.6 Å². The minimum Gasteiger partial charge on any atom is -0.343 e. The van der Waals surface area contributed by atoms with Crippen molar-refractivity contribution in [1.29, 1.82) is 0 Å². The molecule has 0 unspecified atom stereocenters. The van der Waals surface area contributed by atoms with Crippen LogP contribution in [0, 0.1) is 11.6 Å². The maximum absolute atomic E-state index is 13.9. The summed E-state index contributed by atoms with van der Waals surface area (Å²) < 4.78 is 27.7. The lowest BCUT2D eigenvalue weighted by Crippen LogP contribution is -2.41. The highest BCUT2D eigenvalue weighted by molar-refractivity contribution is 9.10. The second kappa shape index (κ2) is 7.95. The first-order valence-electron chi connectivity index (χ1n) is 8.21. The van der Waals surface area contributed by atoms with Crippen LogP contribution in [0.25, 0.3) is 0 Å². The Labute approximate surface area is 158 Å². The standard InChI is InChI=1S/C19H17BrF2N2O2/c20-14-3-1-2-12(8-14)19(26)23-10-18(25)24(16-6-7-16)11-13-4-5-15(21)9-17(13)22/h1-5,8-9,16H,6-7,10-11H2,(H,23,26). The molecule has 2 amide bonds. The van der Waals surface area contributed by atoms with Crippen LogP contribution in [0.15, 0.2) is 46.9 Å². The predicted octanol–water partition coefficient (Wildman–Crippen LogP) is 3.65. The van der Waals surface area contributed by atoms with Gasteiger partial charge in [0.15, 0.2) is 0 Å². The number of amides is 2. The first kappa shape index (κ1) is 18.5. The molecule has 1 saturated carbocycles. The van der Waals surface area contributed by atoms with Crippen LogP contribution in [0.5, 0.6) is 0 Å². The summed E-state index contributed by atoms with van der Waals surface area (Å²) in [6, 6.07) is 10.2. The summed E-state index contributed by atoms with van der Waals surface area (Å²) in [4.78, 5) is 26.2. The highest BCUT2D eigenvalue weighted by atomic mass is 79.9. The molecule has 2 aromatic rings. The number of carbonyl (C=O) groups is 2. The topological polar surface area (TPSA) is 49.4 Å². The summed E-state index contributed by atoms with van der Waals surface area (Å²) in [6.07, 6.45) is 1.68. The summed E-state index contributed by atoms with van der Waals surface area (Å²) in [5.41, 5.74) is 0.694. The Morgan fingerprint density at radius 1 is 1.15 bits per heavy atom. The van der Waals surface area contributed by atoms with Gasteiger partial charge in [-0.1, -0.05) is 28.1 Å². The van der Waals surface area contributed by atoms with E-state index in [4.69, 9.17) is 0 Å². The van der Waals surface area contributed by atoms with Crippen molar-refractivity contribution in [2.75, 3.05) is 6.54 Å². The maximum Gasteiger partial charge on any atom is 0.251 e. The molecule has 26 heavy (non-hydrogen) atoms. The number of nitrogens with one attached hydrogen (secondary N) is 1. The summed E-state index contributed by atoms with van der Waals surface area (Å²) in [7, 11) is 0. The van der Waals surface area contributed by atoms with E-state index in [9.17, 15) is 18.4 Å². The van der Waals surface area contributed by atoms with E-state index >= 15 is 0 Å². The molecule has 0 bridgehead atoms. The zero-order chi connectivity index (χ0) is 18.7. The Morgan fingerprint density at radius 3 is 2.58 bits per heavy atom. The average molecular weight is 423 g/mol. The summed E-state index contributed by atoms with van der Waals surface area (Å²) >= 11 is 3.29. The fourth-order valence-electron chi connectivity index (χ4n) is 2.63. The fraction of sp³-hybridized carbons (Fsp3) is 0.263. The number of hydrogen-bond acceptors (Lipinski definition) is 2. The fourth-order valence-corrected chi connectivity index (χ4v) is 3.03. The number of nitrogens with zero attached hydrogens (tertiary/aromatic N) is 1. The Bertz CT molecular complexity index is 840. The largest absolute Gasteiger partial charge is 0.343 e. The van der Waals surface area contributed by atoms with Crippen LogP contribution in [-0.2, 0) is 11.3 Å². The number of rotatable bonds is 6. The van der Waals surface area contributed by atoms with Gasteiger partial charge in [-0.15, -0.1) is 0 Å². The molecule has 4 nitrogen and oxygen atoms in total. The minimum absolute atomic E-state index is 0.0368. The number of halogens is 3. The molecular formula is C19H17BrF2N2O2. The molecule has 2 aromatic carbocycles. The van der Waals surface area contributed by atoms with Gasteiger partial charge in [0.2, 0.25) is 5.91 Å². The Hall–Kier alpha value is -2.28. The molecule has 3 rings (SSSR count). The van der Waals surface area contributed by atoms with E-state index in [1.807, 2.05) is 0 Å². The lowest BCUT2D eigenvalue weighted by Gasteiger charge is -2.23. The van der Waals surface area contributed by atoms with Crippen LogP contribution in [0.3, 0.4) is 0 Å². The van der Waals surface area contributed by atoms with E-state index in [1.54, 1.807) is 24.3 Å².